The molecule has 0 amide bonds. The predicted octanol–water partition coefficient (Wildman–Crippen LogP) is 3.76. The van der Waals surface area contributed by atoms with E-state index in [-0.39, 0.29) is 18.4 Å². The number of nitrogens with one attached hydrogen (secondary N) is 1. The zero-order valence-corrected chi connectivity index (χ0v) is 11.1. The lowest BCUT2D eigenvalue weighted by Crippen LogP contribution is -2.11. The van der Waals surface area contributed by atoms with E-state index in [0.717, 1.165) is 4.47 Å². The SMILES string of the molecule is Cl.N[C@@H](c1c[nH]c2ccc(Br)cc12)C1CC1. The van der Waals surface area contributed by atoms with Crippen LogP contribution in [0, 0.1) is 5.92 Å². The van der Waals surface area contributed by atoms with Gasteiger partial charge in [0.25, 0.3) is 0 Å². The summed E-state index contributed by atoms with van der Waals surface area (Å²) in [7, 11) is 0. The van der Waals surface area contributed by atoms with E-state index in [1.807, 2.05) is 6.07 Å². The van der Waals surface area contributed by atoms with Crippen LogP contribution in [-0.2, 0) is 0 Å². The summed E-state index contributed by atoms with van der Waals surface area (Å²) in [6.07, 6.45) is 4.61. The van der Waals surface area contributed by atoms with Crippen LogP contribution in [0.3, 0.4) is 0 Å². The number of aromatic nitrogens is 1. The average molecular weight is 302 g/mol. The second kappa shape index (κ2) is 4.40. The lowest BCUT2D eigenvalue weighted by atomic mass is 10.0. The fourth-order valence-corrected chi connectivity index (χ4v) is 2.46. The first-order valence-electron chi connectivity index (χ1n) is 5.28. The van der Waals surface area contributed by atoms with Crippen LogP contribution >= 0.6 is 28.3 Å². The first-order valence-corrected chi connectivity index (χ1v) is 6.07. The Hall–Kier alpha value is -0.510. The number of nitrogens with two attached hydrogens (primary N) is 1. The largest absolute Gasteiger partial charge is 0.361 e. The van der Waals surface area contributed by atoms with Crippen LogP contribution in [0.2, 0.25) is 0 Å². The molecule has 3 N–H and O–H groups in total. The summed E-state index contributed by atoms with van der Waals surface area (Å²) in [6.45, 7) is 0. The van der Waals surface area contributed by atoms with Crippen LogP contribution in [0.5, 0.6) is 0 Å². The molecule has 4 heteroatoms. The minimum absolute atomic E-state index is 0. The molecule has 1 aliphatic rings. The Bertz CT molecular complexity index is 505. The molecule has 1 saturated carbocycles. The van der Waals surface area contributed by atoms with Gasteiger partial charge < -0.3 is 10.7 Å². The molecule has 2 nitrogen and oxygen atoms in total. The molecule has 2 aromatic rings. The second-order valence-corrected chi connectivity index (χ2v) is 5.21. The molecule has 1 fully saturated rings. The molecule has 86 valence electrons. The van der Waals surface area contributed by atoms with Crippen molar-refractivity contribution in [3.05, 3.63) is 34.4 Å². The molecule has 0 unspecified atom stereocenters. The number of H-pyrrole nitrogens is 1. The van der Waals surface area contributed by atoms with Crippen molar-refractivity contribution in [2.45, 2.75) is 18.9 Å². The summed E-state index contributed by atoms with van der Waals surface area (Å²) >= 11 is 3.50. The van der Waals surface area contributed by atoms with Crippen molar-refractivity contribution in [1.82, 2.24) is 4.98 Å². The molecular weight excluding hydrogens is 288 g/mol. The maximum atomic E-state index is 6.23. The highest BCUT2D eigenvalue weighted by Gasteiger charge is 2.30. The summed E-state index contributed by atoms with van der Waals surface area (Å²) in [4.78, 5) is 3.28. The van der Waals surface area contributed by atoms with E-state index in [9.17, 15) is 0 Å². The third kappa shape index (κ3) is 1.99. The molecule has 1 heterocycles. The third-order valence-electron chi connectivity index (χ3n) is 3.16. The first-order chi connectivity index (χ1) is 7.25. The van der Waals surface area contributed by atoms with Crippen molar-refractivity contribution in [3.8, 4) is 0 Å². The van der Waals surface area contributed by atoms with Crippen LogP contribution in [0.4, 0.5) is 0 Å². The standard InChI is InChI=1S/C12H13BrN2.ClH/c13-8-3-4-11-9(5-8)10(6-15-11)12(14)7-1-2-7;/h3-7,12,15H,1-2,14H2;1H/t12-;/m1./s1. The molecule has 0 bridgehead atoms. The van der Waals surface area contributed by atoms with Gasteiger partial charge in [0.05, 0.1) is 0 Å². The van der Waals surface area contributed by atoms with Gasteiger partial charge in [0.15, 0.2) is 0 Å². The molecule has 0 aliphatic heterocycles. The Morgan fingerprint density at radius 1 is 1.38 bits per heavy atom. The Morgan fingerprint density at radius 2 is 2.12 bits per heavy atom. The van der Waals surface area contributed by atoms with E-state index in [1.54, 1.807) is 0 Å². The van der Waals surface area contributed by atoms with Crippen LogP contribution in [0.25, 0.3) is 10.9 Å². The minimum atomic E-state index is 0. The number of aromatic amines is 1. The van der Waals surface area contributed by atoms with Crippen LogP contribution in [0.15, 0.2) is 28.9 Å². The van der Waals surface area contributed by atoms with Crippen molar-refractivity contribution in [1.29, 1.82) is 0 Å². The van der Waals surface area contributed by atoms with Gasteiger partial charge in [-0.3, -0.25) is 0 Å². The fraction of sp³-hybridized carbons (Fsp3) is 0.333. The lowest BCUT2D eigenvalue weighted by Gasteiger charge is -2.08. The molecule has 0 saturated heterocycles. The highest BCUT2D eigenvalue weighted by molar-refractivity contribution is 9.10. The normalized spacial score (nSPS) is 17.1. The Kier molecular flexibility index (Phi) is 3.29. The number of rotatable bonds is 2. The third-order valence-corrected chi connectivity index (χ3v) is 3.66. The fourth-order valence-electron chi connectivity index (χ4n) is 2.10. The molecule has 1 aromatic heterocycles. The molecule has 0 radical (unpaired) electrons. The summed E-state index contributed by atoms with van der Waals surface area (Å²) in [5.41, 5.74) is 8.65. The predicted molar refractivity (Wildman–Crippen MR) is 72.9 cm³/mol. The van der Waals surface area contributed by atoms with Crippen LogP contribution in [0.1, 0.15) is 24.4 Å². The van der Waals surface area contributed by atoms with Gasteiger partial charge in [-0.1, -0.05) is 15.9 Å². The van der Waals surface area contributed by atoms with Gasteiger partial charge in [0, 0.05) is 27.6 Å². The van der Waals surface area contributed by atoms with Gasteiger partial charge in [-0.2, -0.15) is 0 Å². The Morgan fingerprint density at radius 3 is 2.81 bits per heavy atom. The zero-order chi connectivity index (χ0) is 10.4. The Labute approximate surface area is 109 Å². The number of halogens is 2. The maximum Gasteiger partial charge on any atom is 0.0458 e. The van der Waals surface area contributed by atoms with Crippen molar-refractivity contribution < 1.29 is 0 Å². The van der Waals surface area contributed by atoms with Crippen molar-refractivity contribution >= 4 is 39.2 Å². The first kappa shape index (κ1) is 12.0. The maximum absolute atomic E-state index is 6.23. The molecule has 1 atom stereocenters. The van der Waals surface area contributed by atoms with E-state index in [0.29, 0.717) is 5.92 Å². The zero-order valence-electron chi connectivity index (χ0n) is 8.74. The van der Waals surface area contributed by atoms with E-state index in [4.69, 9.17) is 5.73 Å². The average Bonchev–Trinajstić information content (AvgIpc) is 2.98. The highest BCUT2D eigenvalue weighted by atomic mass is 79.9. The number of fused-ring (bicyclic) bond motifs is 1. The molecular formula is C12H14BrClN2. The summed E-state index contributed by atoms with van der Waals surface area (Å²) in [5.74, 6) is 0.697. The number of benzene rings is 1. The quantitative estimate of drug-likeness (QED) is 0.871. The monoisotopic (exact) mass is 300 g/mol. The van der Waals surface area contributed by atoms with Gasteiger partial charge in [0.2, 0.25) is 0 Å². The van der Waals surface area contributed by atoms with Crippen molar-refractivity contribution in [2.75, 3.05) is 0 Å². The molecule has 3 rings (SSSR count). The summed E-state index contributed by atoms with van der Waals surface area (Å²) in [6, 6.07) is 6.48. The topological polar surface area (TPSA) is 41.8 Å². The lowest BCUT2D eigenvalue weighted by molar-refractivity contribution is 0.638. The van der Waals surface area contributed by atoms with Gasteiger partial charge in [-0.05, 0) is 42.5 Å². The van der Waals surface area contributed by atoms with E-state index < -0.39 is 0 Å². The van der Waals surface area contributed by atoms with Gasteiger partial charge in [0.1, 0.15) is 0 Å². The highest BCUT2D eigenvalue weighted by Crippen LogP contribution is 2.41. The van der Waals surface area contributed by atoms with Gasteiger partial charge in [-0.15, -0.1) is 12.4 Å². The van der Waals surface area contributed by atoms with Gasteiger partial charge >= 0.3 is 0 Å². The number of hydrogen-bond acceptors (Lipinski definition) is 1. The number of hydrogen-bond donors (Lipinski definition) is 2. The Balaban J connectivity index is 0.000000963. The summed E-state index contributed by atoms with van der Waals surface area (Å²) in [5, 5.41) is 1.25. The second-order valence-electron chi connectivity index (χ2n) is 4.30. The van der Waals surface area contributed by atoms with Crippen molar-refractivity contribution in [3.63, 3.8) is 0 Å². The van der Waals surface area contributed by atoms with Crippen LogP contribution in [-0.4, -0.2) is 4.98 Å². The molecule has 1 aliphatic carbocycles. The molecule has 0 spiro atoms. The van der Waals surface area contributed by atoms with Crippen LogP contribution < -0.4 is 5.73 Å². The smallest absolute Gasteiger partial charge is 0.0458 e. The van der Waals surface area contributed by atoms with E-state index in [2.05, 4.69) is 39.2 Å². The van der Waals surface area contributed by atoms with E-state index in [1.165, 1.54) is 29.3 Å². The van der Waals surface area contributed by atoms with E-state index >= 15 is 0 Å². The van der Waals surface area contributed by atoms with Gasteiger partial charge in [-0.25, -0.2) is 0 Å². The minimum Gasteiger partial charge on any atom is -0.361 e. The summed E-state index contributed by atoms with van der Waals surface area (Å²) < 4.78 is 1.11. The molecule has 16 heavy (non-hydrogen) atoms. The molecule has 1 aromatic carbocycles. The van der Waals surface area contributed by atoms with Crippen molar-refractivity contribution in [2.24, 2.45) is 11.7 Å².